The normalized spacial score (nSPS) is 23.4. The molecule has 2 rings (SSSR count). The Morgan fingerprint density at radius 2 is 2.12 bits per heavy atom. The molecule has 1 aromatic rings. The van der Waals surface area contributed by atoms with Crippen molar-refractivity contribution in [3.63, 3.8) is 0 Å². The summed E-state index contributed by atoms with van der Waals surface area (Å²) in [6, 6.07) is 7.91. The maximum atomic E-state index is 6.57. The van der Waals surface area contributed by atoms with E-state index in [4.69, 9.17) is 27.9 Å². The summed E-state index contributed by atoms with van der Waals surface area (Å²) in [7, 11) is 1.67. The highest BCUT2D eigenvalue weighted by Gasteiger charge is 2.28. The Hall–Kier alpha value is -0.920. The summed E-state index contributed by atoms with van der Waals surface area (Å²) in [5.74, 6) is 0.867. The van der Waals surface area contributed by atoms with Crippen molar-refractivity contribution >= 4 is 23.2 Å². The van der Waals surface area contributed by atoms with Gasteiger partial charge >= 0.3 is 0 Å². The monoisotopic (exact) mass is 268 g/mol. The number of para-hydroxylation sites is 1. The number of hydrogen-bond acceptors (Lipinski definition) is 1. The zero-order valence-corrected chi connectivity index (χ0v) is 11.1. The lowest BCUT2D eigenvalue weighted by Gasteiger charge is -2.26. The number of ether oxygens (including phenoxy) is 1. The maximum absolute atomic E-state index is 6.57. The van der Waals surface area contributed by atoms with Gasteiger partial charge in [0.2, 0.25) is 0 Å². The Labute approximate surface area is 112 Å². The summed E-state index contributed by atoms with van der Waals surface area (Å²) in [6.07, 6.45) is 7.15. The molecule has 0 aromatic heterocycles. The molecule has 1 aliphatic rings. The largest absolute Gasteiger partial charge is 0.496 e. The topological polar surface area (TPSA) is 9.23 Å². The Morgan fingerprint density at radius 1 is 1.35 bits per heavy atom. The summed E-state index contributed by atoms with van der Waals surface area (Å²) < 4.78 is 5.33. The second kappa shape index (κ2) is 5.16. The minimum atomic E-state index is -0.444. The van der Waals surface area contributed by atoms with E-state index in [0.29, 0.717) is 12.8 Å². The van der Waals surface area contributed by atoms with Crippen LogP contribution in [0.4, 0.5) is 0 Å². The van der Waals surface area contributed by atoms with Crippen LogP contribution in [0.25, 0.3) is 0 Å². The third kappa shape index (κ3) is 3.05. The van der Waals surface area contributed by atoms with E-state index >= 15 is 0 Å². The number of benzene rings is 1. The average molecular weight is 269 g/mol. The van der Waals surface area contributed by atoms with Crippen LogP contribution in [0.1, 0.15) is 12.0 Å². The van der Waals surface area contributed by atoms with Gasteiger partial charge in [0.05, 0.1) is 12.0 Å². The average Bonchev–Trinajstić information content (AvgIpc) is 2.29. The lowest BCUT2D eigenvalue weighted by atomic mass is 9.91. The SMILES string of the molecule is COc1ccccc1CC1(Cl)C=CC=C(Cl)C1. The molecule has 1 nitrogen and oxygen atoms in total. The highest BCUT2D eigenvalue weighted by molar-refractivity contribution is 6.32. The highest BCUT2D eigenvalue weighted by Crippen LogP contribution is 2.36. The molecule has 17 heavy (non-hydrogen) atoms. The molecule has 1 atom stereocenters. The van der Waals surface area contributed by atoms with E-state index < -0.39 is 4.87 Å². The molecule has 0 heterocycles. The Morgan fingerprint density at radius 3 is 2.82 bits per heavy atom. The van der Waals surface area contributed by atoms with Crippen LogP contribution in [0.15, 0.2) is 47.5 Å². The van der Waals surface area contributed by atoms with Crippen LogP contribution in [0.3, 0.4) is 0 Å². The molecule has 1 aromatic carbocycles. The van der Waals surface area contributed by atoms with Gasteiger partial charge in [-0.3, -0.25) is 0 Å². The summed E-state index contributed by atoms with van der Waals surface area (Å²) >= 11 is 12.6. The van der Waals surface area contributed by atoms with Crippen LogP contribution < -0.4 is 4.74 Å². The van der Waals surface area contributed by atoms with Crippen molar-refractivity contribution in [3.8, 4) is 5.75 Å². The van der Waals surface area contributed by atoms with E-state index in [1.165, 1.54) is 0 Å². The van der Waals surface area contributed by atoms with Crippen LogP contribution in [-0.2, 0) is 6.42 Å². The van der Waals surface area contributed by atoms with E-state index in [2.05, 4.69) is 0 Å². The first-order valence-corrected chi connectivity index (χ1v) is 6.23. The molecule has 0 bridgehead atoms. The molecule has 0 spiro atoms. The fourth-order valence-corrected chi connectivity index (χ4v) is 2.75. The number of alkyl halides is 1. The Bertz CT molecular complexity index is 465. The predicted octanol–water partition coefficient (Wildman–Crippen LogP) is 4.30. The zero-order chi connectivity index (χ0) is 12.3. The summed E-state index contributed by atoms with van der Waals surface area (Å²) in [5.41, 5.74) is 1.10. The summed E-state index contributed by atoms with van der Waals surface area (Å²) in [6.45, 7) is 0. The molecule has 3 heteroatoms. The molecule has 0 aliphatic heterocycles. The predicted molar refractivity (Wildman–Crippen MR) is 73.0 cm³/mol. The van der Waals surface area contributed by atoms with Gasteiger partial charge in [0.15, 0.2) is 0 Å². The molecule has 0 fully saturated rings. The van der Waals surface area contributed by atoms with Crippen molar-refractivity contribution in [2.24, 2.45) is 0 Å². The zero-order valence-electron chi connectivity index (χ0n) is 9.62. The van der Waals surface area contributed by atoms with Crippen LogP contribution in [0, 0.1) is 0 Å². The van der Waals surface area contributed by atoms with Gasteiger partial charge in [-0.1, -0.05) is 42.0 Å². The third-order valence-electron chi connectivity index (χ3n) is 2.81. The molecular formula is C14H14Cl2O. The van der Waals surface area contributed by atoms with E-state index in [1.807, 2.05) is 42.5 Å². The van der Waals surface area contributed by atoms with Crippen LogP contribution in [0.5, 0.6) is 5.75 Å². The van der Waals surface area contributed by atoms with E-state index in [9.17, 15) is 0 Å². The molecule has 0 radical (unpaired) electrons. The third-order valence-corrected chi connectivity index (χ3v) is 3.46. The number of halogens is 2. The Kier molecular flexibility index (Phi) is 3.80. The second-order valence-electron chi connectivity index (χ2n) is 4.17. The fourth-order valence-electron chi connectivity index (χ4n) is 2.01. The van der Waals surface area contributed by atoms with Crippen LogP contribution >= 0.6 is 23.2 Å². The van der Waals surface area contributed by atoms with Gasteiger partial charge in [-0.2, -0.15) is 0 Å². The molecule has 0 amide bonds. The van der Waals surface area contributed by atoms with Gasteiger partial charge in [-0.25, -0.2) is 0 Å². The first-order chi connectivity index (χ1) is 8.13. The van der Waals surface area contributed by atoms with Gasteiger partial charge in [-0.15, -0.1) is 11.6 Å². The van der Waals surface area contributed by atoms with Crippen molar-refractivity contribution in [2.75, 3.05) is 7.11 Å². The molecule has 90 valence electrons. The molecular weight excluding hydrogens is 255 g/mol. The van der Waals surface area contributed by atoms with Crippen molar-refractivity contribution in [1.82, 2.24) is 0 Å². The van der Waals surface area contributed by atoms with Crippen LogP contribution in [-0.4, -0.2) is 12.0 Å². The van der Waals surface area contributed by atoms with E-state index in [1.54, 1.807) is 7.11 Å². The standard InChI is InChI=1S/C14H14Cl2O/c1-17-13-7-3-2-5-11(13)9-14(16)8-4-6-12(15)10-14/h2-8H,9-10H2,1H3. The van der Waals surface area contributed by atoms with Gasteiger partial charge in [-0.05, 0) is 24.1 Å². The van der Waals surface area contributed by atoms with Gasteiger partial charge < -0.3 is 4.74 Å². The minimum absolute atomic E-state index is 0.444. The second-order valence-corrected chi connectivity index (χ2v) is 5.41. The molecule has 1 aliphatic carbocycles. The number of methoxy groups -OCH3 is 1. The number of rotatable bonds is 3. The Balaban J connectivity index is 2.21. The summed E-state index contributed by atoms with van der Waals surface area (Å²) in [5, 5.41) is 0.789. The lowest BCUT2D eigenvalue weighted by Crippen LogP contribution is -2.23. The highest BCUT2D eigenvalue weighted by atomic mass is 35.5. The first kappa shape index (κ1) is 12.5. The molecule has 0 saturated heterocycles. The number of allylic oxidation sites excluding steroid dienone is 4. The van der Waals surface area contributed by atoms with Crippen molar-refractivity contribution in [2.45, 2.75) is 17.7 Å². The molecule has 1 unspecified atom stereocenters. The van der Waals surface area contributed by atoms with Crippen molar-refractivity contribution in [3.05, 3.63) is 53.1 Å². The van der Waals surface area contributed by atoms with Gasteiger partial charge in [0.1, 0.15) is 5.75 Å². The number of hydrogen-bond donors (Lipinski definition) is 0. The van der Waals surface area contributed by atoms with Gasteiger partial charge in [0.25, 0.3) is 0 Å². The minimum Gasteiger partial charge on any atom is -0.496 e. The first-order valence-electron chi connectivity index (χ1n) is 5.48. The van der Waals surface area contributed by atoms with E-state index in [-0.39, 0.29) is 0 Å². The smallest absolute Gasteiger partial charge is 0.122 e. The van der Waals surface area contributed by atoms with Crippen molar-refractivity contribution in [1.29, 1.82) is 0 Å². The maximum Gasteiger partial charge on any atom is 0.122 e. The van der Waals surface area contributed by atoms with Crippen LogP contribution in [0.2, 0.25) is 0 Å². The lowest BCUT2D eigenvalue weighted by molar-refractivity contribution is 0.408. The summed E-state index contributed by atoms with van der Waals surface area (Å²) in [4.78, 5) is -0.444. The van der Waals surface area contributed by atoms with E-state index in [0.717, 1.165) is 16.3 Å². The van der Waals surface area contributed by atoms with Gasteiger partial charge in [0, 0.05) is 11.5 Å². The van der Waals surface area contributed by atoms with Crippen molar-refractivity contribution < 1.29 is 4.74 Å². The molecule has 0 N–H and O–H groups in total. The molecule has 0 saturated carbocycles. The quantitative estimate of drug-likeness (QED) is 0.743. The fraction of sp³-hybridized carbons (Fsp3) is 0.286.